The van der Waals surface area contributed by atoms with Crippen molar-refractivity contribution in [2.75, 3.05) is 11.4 Å². The number of anilines is 1. The summed E-state index contributed by atoms with van der Waals surface area (Å²) in [7, 11) is 0. The molecule has 0 aromatic heterocycles. The van der Waals surface area contributed by atoms with Gasteiger partial charge in [-0.2, -0.15) is 0 Å². The minimum atomic E-state index is -0.495. The third-order valence-corrected chi connectivity index (χ3v) is 4.25. The topological polar surface area (TPSA) is 78.5 Å². The monoisotopic (exact) mass is 337 g/mol. The number of hydrazine groups is 1. The van der Waals surface area contributed by atoms with Crippen molar-refractivity contribution >= 4 is 23.4 Å². The molecule has 0 bridgehead atoms. The molecule has 0 aliphatic carbocycles. The molecule has 2 aromatic rings. The number of para-hydroxylation sites is 1. The summed E-state index contributed by atoms with van der Waals surface area (Å²) in [5.74, 6) is -1.34. The molecule has 128 valence electrons. The van der Waals surface area contributed by atoms with Gasteiger partial charge >= 0.3 is 0 Å². The fraction of sp³-hybridized carbons (Fsp3) is 0.211. The molecule has 1 aliphatic rings. The molecule has 6 nitrogen and oxygen atoms in total. The Bertz CT molecular complexity index is 805. The lowest BCUT2D eigenvalue weighted by molar-refractivity contribution is -0.126. The summed E-state index contributed by atoms with van der Waals surface area (Å²) < 4.78 is 0. The fourth-order valence-electron chi connectivity index (χ4n) is 2.86. The van der Waals surface area contributed by atoms with E-state index in [1.54, 1.807) is 17.0 Å². The third-order valence-electron chi connectivity index (χ3n) is 4.25. The lowest BCUT2D eigenvalue weighted by Crippen LogP contribution is -2.45. The van der Waals surface area contributed by atoms with E-state index in [1.165, 1.54) is 0 Å². The molecule has 3 rings (SSSR count). The maximum Gasteiger partial charge on any atom is 0.269 e. The number of hydrogen-bond acceptors (Lipinski definition) is 3. The number of nitrogens with one attached hydrogen (secondary N) is 2. The van der Waals surface area contributed by atoms with E-state index >= 15 is 0 Å². The van der Waals surface area contributed by atoms with Crippen molar-refractivity contribution in [1.82, 2.24) is 10.9 Å². The molecule has 1 saturated heterocycles. The van der Waals surface area contributed by atoms with Gasteiger partial charge in [-0.05, 0) is 30.7 Å². The molecule has 1 aliphatic heterocycles. The van der Waals surface area contributed by atoms with Crippen LogP contribution in [0.1, 0.15) is 22.3 Å². The fourth-order valence-corrected chi connectivity index (χ4v) is 2.86. The maximum absolute atomic E-state index is 12.3. The number of nitrogens with zero attached hydrogens (tertiary/aromatic N) is 1. The zero-order valence-corrected chi connectivity index (χ0v) is 13.9. The van der Waals surface area contributed by atoms with Crippen molar-refractivity contribution in [3.05, 3.63) is 65.7 Å². The van der Waals surface area contributed by atoms with Crippen molar-refractivity contribution in [1.29, 1.82) is 0 Å². The molecule has 2 N–H and O–H groups in total. The second-order valence-corrected chi connectivity index (χ2v) is 6.00. The first-order valence-electron chi connectivity index (χ1n) is 8.07. The number of carbonyl (C=O) groups excluding carboxylic acids is 3. The summed E-state index contributed by atoms with van der Waals surface area (Å²) in [6.45, 7) is 2.12. The zero-order valence-electron chi connectivity index (χ0n) is 13.9. The summed E-state index contributed by atoms with van der Waals surface area (Å²) in [4.78, 5) is 38.2. The number of carbonyl (C=O) groups is 3. The van der Waals surface area contributed by atoms with Crippen molar-refractivity contribution in [3.8, 4) is 0 Å². The molecular weight excluding hydrogens is 318 g/mol. The molecule has 1 heterocycles. The van der Waals surface area contributed by atoms with Crippen LogP contribution in [0.2, 0.25) is 0 Å². The number of rotatable bonds is 3. The number of hydrogen-bond donors (Lipinski definition) is 2. The van der Waals surface area contributed by atoms with E-state index in [1.807, 2.05) is 49.4 Å². The molecule has 0 saturated carbocycles. The van der Waals surface area contributed by atoms with Crippen LogP contribution in [0, 0.1) is 12.8 Å². The minimum Gasteiger partial charge on any atom is -0.312 e. The average Bonchev–Trinajstić information content (AvgIpc) is 3.02. The Hall–Kier alpha value is -3.15. The number of benzene rings is 2. The van der Waals surface area contributed by atoms with Crippen molar-refractivity contribution < 1.29 is 14.4 Å². The second-order valence-electron chi connectivity index (χ2n) is 6.00. The summed E-state index contributed by atoms with van der Waals surface area (Å²) >= 11 is 0. The van der Waals surface area contributed by atoms with Gasteiger partial charge in [-0.1, -0.05) is 36.4 Å². The molecule has 0 unspecified atom stereocenters. The molecule has 25 heavy (non-hydrogen) atoms. The molecule has 0 spiro atoms. The Balaban J connectivity index is 1.58. The first-order valence-corrected chi connectivity index (χ1v) is 8.07. The lowest BCUT2D eigenvalue weighted by atomic mass is 10.1. The Morgan fingerprint density at radius 2 is 1.68 bits per heavy atom. The van der Waals surface area contributed by atoms with Gasteiger partial charge in [0.2, 0.25) is 11.8 Å². The molecular formula is C19H19N3O3. The normalized spacial score (nSPS) is 16.6. The van der Waals surface area contributed by atoms with E-state index in [-0.39, 0.29) is 24.1 Å². The first-order chi connectivity index (χ1) is 12.1. The van der Waals surface area contributed by atoms with E-state index in [0.29, 0.717) is 12.1 Å². The first kappa shape index (κ1) is 16.7. The number of aryl methyl sites for hydroxylation is 1. The van der Waals surface area contributed by atoms with E-state index in [0.717, 1.165) is 11.3 Å². The van der Waals surface area contributed by atoms with Gasteiger partial charge in [0, 0.05) is 24.2 Å². The minimum absolute atomic E-state index is 0.100. The van der Waals surface area contributed by atoms with E-state index in [4.69, 9.17) is 0 Å². The van der Waals surface area contributed by atoms with E-state index in [9.17, 15) is 14.4 Å². The van der Waals surface area contributed by atoms with Gasteiger partial charge in [0.1, 0.15) is 0 Å². The van der Waals surface area contributed by atoms with Gasteiger partial charge in [0.15, 0.2) is 0 Å². The predicted octanol–water partition coefficient (Wildman–Crippen LogP) is 1.81. The van der Waals surface area contributed by atoms with Crippen LogP contribution in [0.5, 0.6) is 0 Å². The van der Waals surface area contributed by atoms with Gasteiger partial charge < -0.3 is 4.90 Å². The lowest BCUT2D eigenvalue weighted by Gasteiger charge is -2.16. The zero-order chi connectivity index (χ0) is 17.8. The highest BCUT2D eigenvalue weighted by molar-refractivity contribution is 6.01. The highest BCUT2D eigenvalue weighted by Crippen LogP contribution is 2.24. The van der Waals surface area contributed by atoms with Crippen LogP contribution < -0.4 is 15.8 Å². The van der Waals surface area contributed by atoms with Crippen LogP contribution in [0.25, 0.3) is 0 Å². The van der Waals surface area contributed by atoms with Crippen LogP contribution >= 0.6 is 0 Å². The van der Waals surface area contributed by atoms with Gasteiger partial charge in [0.25, 0.3) is 5.91 Å². The summed E-state index contributed by atoms with van der Waals surface area (Å²) in [6.07, 6.45) is 0.126. The van der Waals surface area contributed by atoms with Gasteiger partial charge in [-0.25, -0.2) is 0 Å². The summed E-state index contributed by atoms with van der Waals surface area (Å²) in [5, 5.41) is 0. The average molecular weight is 337 g/mol. The van der Waals surface area contributed by atoms with Crippen molar-refractivity contribution in [3.63, 3.8) is 0 Å². The Morgan fingerprint density at radius 3 is 2.40 bits per heavy atom. The van der Waals surface area contributed by atoms with Crippen LogP contribution in [-0.4, -0.2) is 24.3 Å². The largest absolute Gasteiger partial charge is 0.312 e. The SMILES string of the molecule is Cc1ccccc1C(=O)NNC(=O)[C@@H]1CC(=O)N(c2ccccc2)C1. The van der Waals surface area contributed by atoms with Crippen LogP contribution in [0.4, 0.5) is 5.69 Å². The Kier molecular flexibility index (Phi) is 4.79. The molecule has 3 amide bonds. The van der Waals surface area contributed by atoms with Crippen LogP contribution in [0.3, 0.4) is 0 Å². The smallest absolute Gasteiger partial charge is 0.269 e. The van der Waals surface area contributed by atoms with Crippen molar-refractivity contribution in [2.24, 2.45) is 5.92 Å². The van der Waals surface area contributed by atoms with Gasteiger partial charge in [-0.3, -0.25) is 25.2 Å². The Morgan fingerprint density at radius 1 is 1.00 bits per heavy atom. The quantitative estimate of drug-likeness (QED) is 0.839. The Labute approximate surface area is 145 Å². The van der Waals surface area contributed by atoms with Gasteiger partial charge in [0.05, 0.1) is 5.92 Å². The van der Waals surface area contributed by atoms with Crippen molar-refractivity contribution in [2.45, 2.75) is 13.3 Å². The molecule has 6 heteroatoms. The summed E-state index contributed by atoms with van der Waals surface area (Å²) in [5.41, 5.74) is 6.93. The van der Waals surface area contributed by atoms with Gasteiger partial charge in [-0.15, -0.1) is 0 Å². The molecule has 0 radical (unpaired) electrons. The highest BCUT2D eigenvalue weighted by atomic mass is 16.2. The van der Waals surface area contributed by atoms with Crippen LogP contribution in [-0.2, 0) is 9.59 Å². The van der Waals surface area contributed by atoms with Crippen LogP contribution in [0.15, 0.2) is 54.6 Å². The standard InChI is InChI=1S/C19H19N3O3/c1-13-7-5-6-10-16(13)19(25)21-20-18(24)14-11-17(23)22(12-14)15-8-3-2-4-9-15/h2-10,14H,11-12H2,1H3,(H,20,24)(H,21,25)/t14-/m1/s1. The van der Waals surface area contributed by atoms with E-state index in [2.05, 4.69) is 10.9 Å². The number of amides is 3. The highest BCUT2D eigenvalue weighted by Gasteiger charge is 2.35. The molecule has 2 aromatic carbocycles. The van der Waals surface area contributed by atoms with E-state index < -0.39 is 5.92 Å². The third kappa shape index (κ3) is 3.68. The predicted molar refractivity (Wildman–Crippen MR) is 93.7 cm³/mol. The second kappa shape index (κ2) is 7.17. The molecule has 1 atom stereocenters. The summed E-state index contributed by atoms with van der Waals surface area (Å²) in [6, 6.07) is 16.3. The maximum atomic E-state index is 12.3. The molecule has 1 fully saturated rings.